The van der Waals surface area contributed by atoms with Crippen LogP contribution < -0.4 is 11.5 Å². The van der Waals surface area contributed by atoms with Gasteiger partial charge >= 0.3 is 0 Å². The van der Waals surface area contributed by atoms with Crippen LogP contribution in [-0.4, -0.2) is 36.8 Å². The molecule has 0 bridgehead atoms. The van der Waals surface area contributed by atoms with Crippen LogP contribution in [0.2, 0.25) is 0 Å². The maximum Gasteiger partial charge on any atom is 0.190 e. The molecule has 6 heteroatoms. The van der Waals surface area contributed by atoms with Gasteiger partial charge in [-0.1, -0.05) is 37.4 Å². The molecule has 138 valence electrons. The molecule has 1 saturated heterocycles. The van der Waals surface area contributed by atoms with E-state index in [1.807, 2.05) is 19.1 Å². The monoisotopic (exact) mass is 355 g/mol. The van der Waals surface area contributed by atoms with E-state index in [4.69, 9.17) is 11.5 Å². The average molecular weight is 355 g/mol. The van der Waals surface area contributed by atoms with Crippen LogP contribution in [0.25, 0.3) is 5.57 Å². The van der Waals surface area contributed by atoms with Crippen molar-refractivity contribution in [2.75, 3.05) is 19.8 Å². The number of hydrogen-bond donors (Lipinski definition) is 2. The highest BCUT2D eigenvalue weighted by molar-refractivity contribution is 6.09. The molecule has 1 heterocycles. The summed E-state index contributed by atoms with van der Waals surface area (Å²) in [5, 5.41) is 0. The molecule has 1 aliphatic rings. The molecule has 1 aliphatic heterocycles. The molecule has 1 aromatic rings. The van der Waals surface area contributed by atoms with Crippen molar-refractivity contribution in [1.82, 2.24) is 4.90 Å². The molecule has 0 spiro atoms. The van der Waals surface area contributed by atoms with Gasteiger partial charge < -0.3 is 11.5 Å². The third-order valence-electron chi connectivity index (χ3n) is 4.08. The van der Waals surface area contributed by atoms with E-state index in [9.17, 15) is 4.39 Å². The first kappa shape index (κ1) is 19.6. The maximum atomic E-state index is 14.9. The quantitative estimate of drug-likeness (QED) is 0.427. The Morgan fingerprint density at radius 1 is 1.35 bits per heavy atom. The van der Waals surface area contributed by atoms with Crippen LogP contribution in [0.4, 0.5) is 4.39 Å². The number of halogens is 1. The Hall–Kier alpha value is -2.73. The van der Waals surface area contributed by atoms with Gasteiger partial charge in [-0.05, 0) is 36.5 Å². The van der Waals surface area contributed by atoms with Crippen LogP contribution in [-0.2, 0) is 6.42 Å². The zero-order chi connectivity index (χ0) is 19.1. The predicted octanol–water partition coefficient (Wildman–Crippen LogP) is 2.85. The van der Waals surface area contributed by atoms with E-state index < -0.39 is 0 Å². The molecule has 0 unspecified atom stereocenters. The fourth-order valence-corrected chi connectivity index (χ4v) is 2.75. The van der Waals surface area contributed by atoms with Crippen molar-refractivity contribution < 1.29 is 4.39 Å². The van der Waals surface area contributed by atoms with E-state index in [1.54, 1.807) is 18.3 Å². The molecule has 5 nitrogen and oxygen atoms in total. The van der Waals surface area contributed by atoms with E-state index in [0.717, 1.165) is 18.7 Å². The van der Waals surface area contributed by atoms with Gasteiger partial charge in [0.1, 0.15) is 5.82 Å². The summed E-state index contributed by atoms with van der Waals surface area (Å²) in [5.41, 5.74) is 14.3. The van der Waals surface area contributed by atoms with Crippen molar-refractivity contribution in [3.63, 3.8) is 0 Å². The summed E-state index contributed by atoms with van der Waals surface area (Å²) in [6.45, 7) is 11.9. The summed E-state index contributed by atoms with van der Waals surface area (Å²) < 4.78 is 14.9. The molecule has 4 N–H and O–H groups in total. The summed E-state index contributed by atoms with van der Waals surface area (Å²) >= 11 is 0. The Morgan fingerprint density at radius 2 is 2.08 bits per heavy atom. The van der Waals surface area contributed by atoms with Gasteiger partial charge in [0.2, 0.25) is 0 Å². The number of aryl methyl sites for hydroxylation is 1. The third-order valence-corrected chi connectivity index (χ3v) is 4.08. The van der Waals surface area contributed by atoms with Crippen molar-refractivity contribution in [2.24, 2.45) is 21.5 Å². The summed E-state index contributed by atoms with van der Waals surface area (Å²) in [5.74, 6) is -0.288. The number of nitrogens with zero attached hydrogens (tertiary/aromatic N) is 3. The van der Waals surface area contributed by atoms with Gasteiger partial charge in [0.15, 0.2) is 5.96 Å². The molecular formula is C20H26FN5. The van der Waals surface area contributed by atoms with Gasteiger partial charge in [-0.3, -0.25) is 9.89 Å². The first-order valence-corrected chi connectivity index (χ1v) is 8.51. The first-order chi connectivity index (χ1) is 12.4. The highest BCUT2D eigenvalue weighted by Crippen LogP contribution is 2.22. The molecule has 0 aliphatic carbocycles. The molecule has 26 heavy (non-hydrogen) atoms. The highest BCUT2D eigenvalue weighted by Gasteiger charge is 2.16. The number of hydrogen-bond acceptors (Lipinski definition) is 3. The molecule has 0 saturated carbocycles. The second-order valence-electron chi connectivity index (χ2n) is 6.32. The van der Waals surface area contributed by atoms with E-state index in [-0.39, 0.29) is 11.8 Å². The number of allylic oxidation sites excluding steroid dienone is 3. The molecular weight excluding hydrogens is 329 g/mol. The van der Waals surface area contributed by atoms with Crippen molar-refractivity contribution in [2.45, 2.75) is 19.8 Å². The second kappa shape index (κ2) is 9.10. The van der Waals surface area contributed by atoms with E-state index in [2.05, 4.69) is 28.0 Å². The lowest BCUT2D eigenvalue weighted by Crippen LogP contribution is -2.39. The van der Waals surface area contributed by atoms with Gasteiger partial charge in [-0.25, -0.2) is 9.38 Å². The zero-order valence-corrected chi connectivity index (χ0v) is 15.2. The van der Waals surface area contributed by atoms with E-state index >= 15 is 0 Å². The summed E-state index contributed by atoms with van der Waals surface area (Å²) in [6.07, 6.45) is 4.54. The number of aliphatic imine (C=N–C) groups is 2. The third kappa shape index (κ3) is 5.39. The topological polar surface area (TPSA) is 80.0 Å². The Labute approximate surface area is 154 Å². The number of nitrogens with two attached hydrogens (primary N) is 2. The smallest absolute Gasteiger partial charge is 0.190 e. The lowest BCUT2D eigenvalue weighted by atomic mass is 9.99. The summed E-state index contributed by atoms with van der Waals surface area (Å²) in [7, 11) is 0. The van der Waals surface area contributed by atoms with E-state index in [0.29, 0.717) is 36.3 Å². The molecule has 1 aromatic carbocycles. The molecule has 1 fully saturated rings. The summed E-state index contributed by atoms with van der Waals surface area (Å²) in [6, 6.07) is 5.36. The Bertz CT molecular complexity index is 764. The fourth-order valence-electron chi connectivity index (χ4n) is 2.75. The molecule has 0 radical (unpaired) electrons. The normalized spacial score (nSPS) is 15.2. The maximum absolute atomic E-state index is 14.9. The Kier molecular flexibility index (Phi) is 6.86. The minimum Gasteiger partial charge on any atom is -0.370 e. The zero-order valence-electron chi connectivity index (χ0n) is 15.2. The SMILES string of the molecule is C=C1CN(CN=C/C(=C\C)c2cccc(CCC(=C)N=C(N)N)c2F)C1. The minimum absolute atomic E-state index is 0.0394. The number of benzene rings is 1. The number of rotatable bonds is 8. The minimum atomic E-state index is -0.248. The van der Waals surface area contributed by atoms with Crippen LogP contribution in [0.3, 0.4) is 0 Å². The first-order valence-electron chi connectivity index (χ1n) is 8.51. The lowest BCUT2D eigenvalue weighted by Gasteiger charge is -2.31. The highest BCUT2D eigenvalue weighted by atomic mass is 19.1. The average Bonchev–Trinajstić information content (AvgIpc) is 2.56. The lowest BCUT2D eigenvalue weighted by molar-refractivity contribution is 0.260. The Balaban J connectivity index is 2.05. The molecule has 0 atom stereocenters. The predicted molar refractivity (Wildman–Crippen MR) is 107 cm³/mol. The number of likely N-dealkylation sites (tertiary alicyclic amines) is 1. The van der Waals surface area contributed by atoms with Crippen molar-refractivity contribution in [1.29, 1.82) is 0 Å². The van der Waals surface area contributed by atoms with Crippen LogP contribution in [0.5, 0.6) is 0 Å². The van der Waals surface area contributed by atoms with Crippen LogP contribution in [0.1, 0.15) is 24.5 Å². The standard InChI is InChI=1S/C20H26FN5/c1-4-16(10-24-13-26-11-14(2)12-26)18-7-5-6-17(19(18)21)9-8-15(3)25-20(22)23/h4-7,10H,2-3,8-9,11-13H2,1H3,(H4,22,23,25)/b16-4+,24-10?. The number of guanidine groups is 1. The molecule has 0 amide bonds. The van der Waals surface area contributed by atoms with Crippen LogP contribution in [0, 0.1) is 5.82 Å². The van der Waals surface area contributed by atoms with Gasteiger partial charge in [-0.2, -0.15) is 0 Å². The largest absolute Gasteiger partial charge is 0.370 e. The molecule has 2 rings (SSSR count). The van der Waals surface area contributed by atoms with E-state index in [1.165, 1.54) is 5.57 Å². The van der Waals surface area contributed by atoms with Crippen LogP contribution >= 0.6 is 0 Å². The molecule has 0 aromatic heterocycles. The second-order valence-corrected chi connectivity index (χ2v) is 6.32. The van der Waals surface area contributed by atoms with Crippen molar-refractivity contribution in [3.05, 3.63) is 65.6 Å². The van der Waals surface area contributed by atoms with Gasteiger partial charge in [0.05, 0.1) is 6.67 Å². The summed E-state index contributed by atoms with van der Waals surface area (Å²) in [4.78, 5) is 10.5. The van der Waals surface area contributed by atoms with Crippen molar-refractivity contribution in [3.8, 4) is 0 Å². The van der Waals surface area contributed by atoms with Gasteiger partial charge in [0, 0.05) is 30.6 Å². The fraction of sp³-hybridized carbons (Fsp3) is 0.300. The van der Waals surface area contributed by atoms with Gasteiger partial charge in [-0.15, -0.1) is 0 Å². The van der Waals surface area contributed by atoms with Crippen molar-refractivity contribution >= 4 is 17.7 Å². The van der Waals surface area contributed by atoms with Crippen LogP contribution in [0.15, 0.2) is 58.7 Å². The Morgan fingerprint density at radius 3 is 2.69 bits per heavy atom. The van der Waals surface area contributed by atoms with Gasteiger partial charge in [0.25, 0.3) is 0 Å².